The van der Waals surface area contributed by atoms with Crippen LogP contribution in [0.25, 0.3) is 0 Å². The average Bonchev–Trinajstić information content (AvgIpc) is 2.79. The molecule has 160 valence electrons. The first-order valence-electron chi connectivity index (χ1n) is 9.73. The molecule has 0 saturated carbocycles. The molecule has 1 amide bonds. The normalized spacial score (nSPS) is 10.6. The van der Waals surface area contributed by atoms with Gasteiger partial charge in [-0.2, -0.15) is 5.10 Å². The number of nitrogens with one attached hydrogen (secondary N) is 1. The van der Waals surface area contributed by atoms with Crippen LogP contribution in [0.3, 0.4) is 0 Å². The van der Waals surface area contributed by atoms with Gasteiger partial charge in [0.25, 0.3) is 5.91 Å². The SMILES string of the molecule is COc1ccccc1OCCCOc1cccc(C=NNC(=O)c2cccc(Cl)c2)c1. The number of hydrogen-bond acceptors (Lipinski definition) is 5. The van der Waals surface area contributed by atoms with Gasteiger partial charge < -0.3 is 14.2 Å². The van der Waals surface area contributed by atoms with Crippen molar-refractivity contribution in [3.8, 4) is 17.2 Å². The van der Waals surface area contributed by atoms with Gasteiger partial charge >= 0.3 is 0 Å². The fraction of sp³-hybridized carbons (Fsp3) is 0.167. The topological polar surface area (TPSA) is 69.2 Å². The van der Waals surface area contributed by atoms with Gasteiger partial charge in [-0.05, 0) is 48.0 Å². The van der Waals surface area contributed by atoms with E-state index in [1.54, 1.807) is 37.6 Å². The van der Waals surface area contributed by atoms with Gasteiger partial charge in [-0.25, -0.2) is 5.43 Å². The first-order chi connectivity index (χ1) is 15.2. The Morgan fingerprint density at radius 2 is 1.74 bits per heavy atom. The minimum Gasteiger partial charge on any atom is -0.493 e. The summed E-state index contributed by atoms with van der Waals surface area (Å²) in [5.41, 5.74) is 3.73. The molecule has 0 aliphatic rings. The molecule has 6 nitrogen and oxygen atoms in total. The van der Waals surface area contributed by atoms with E-state index in [0.717, 1.165) is 5.56 Å². The molecule has 7 heteroatoms. The molecule has 0 bridgehead atoms. The van der Waals surface area contributed by atoms with Gasteiger partial charge in [0.15, 0.2) is 11.5 Å². The van der Waals surface area contributed by atoms with E-state index in [-0.39, 0.29) is 5.91 Å². The second-order valence-electron chi connectivity index (χ2n) is 6.48. The Hall–Kier alpha value is -3.51. The zero-order valence-electron chi connectivity index (χ0n) is 17.1. The molecule has 0 atom stereocenters. The predicted molar refractivity (Wildman–Crippen MR) is 122 cm³/mol. The zero-order valence-corrected chi connectivity index (χ0v) is 17.8. The van der Waals surface area contributed by atoms with Crippen molar-refractivity contribution in [2.45, 2.75) is 6.42 Å². The van der Waals surface area contributed by atoms with E-state index < -0.39 is 0 Å². The minimum atomic E-state index is -0.332. The van der Waals surface area contributed by atoms with Crippen LogP contribution >= 0.6 is 11.6 Å². The molecule has 0 aliphatic heterocycles. The first-order valence-corrected chi connectivity index (χ1v) is 10.1. The van der Waals surface area contributed by atoms with Gasteiger partial charge in [0.1, 0.15) is 5.75 Å². The van der Waals surface area contributed by atoms with Crippen LogP contribution in [0.5, 0.6) is 17.2 Å². The third-order valence-corrected chi connectivity index (χ3v) is 4.44. The molecule has 3 aromatic carbocycles. The molecule has 0 fully saturated rings. The standard InChI is InChI=1S/C24H23ClN2O4/c1-29-22-11-2-3-12-23(22)31-14-6-13-30-21-10-4-7-18(15-21)17-26-27-24(28)19-8-5-9-20(25)16-19/h2-5,7-12,15-17H,6,13-14H2,1H3,(H,27,28). The molecule has 3 aromatic rings. The lowest BCUT2D eigenvalue weighted by Crippen LogP contribution is -2.17. The first kappa shape index (κ1) is 22.2. The molecule has 0 spiro atoms. The monoisotopic (exact) mass is 438 g/mol. The number of amides is 1. The van der Waals surface area contributed by atoms with Gasteiger partial charge in [0.05, 0.1) is 26.5 Å². The predicted octanol–water partition coefficient (Wildman–Crippen LogP) is 4.96. The number of rotatable bonds is 10. The number of hydrogen-bond donors (Lipinski definition) is 1. The third kappa shape index (κ3) is 7.04. The summed E-state index contributed by atoms with van der Waals surface area (Å²) in [5, 5.41) is 4.49. The van der Waals surface area contributed by atoms with Gasteiger partial charge in [-0.1, -0.05) is 41.9 Å². The zero-order chi connectivity index (χ0) is 21.9. The largest absolute Gasteiger partial charge is 0.493 e. The van der Waals surface area contributed by atoms with E-state index in [0.29, 0.717) is 47.5 Å². The van der Waals surface area contributed by atoms with Crippen LogP contribution in [0.1, 0.15) is 22.3 Å². The Morgan fingerprint density at radius 3 is 2.55 bits per heavy atom. The van der Waals surface area contributed by atoms with E-state index in [2.05, 4.69) is 10.5 Å². The van der Waals surface area contributed by atoms with Crippen molar-refractivity contribution >= 4 is 23.7 Å². The molecule has 0 unspecified atom stereocenters. The van der Waals surface area contributed by atoms with Gasteiger partial charge in [-0.3, -0.25) is 4.79 Å². The number of carbonyl (C=O) groups excluding carboxylic acids is 1. The lowest BCUT2D eigenvalue weighted by molar-refractivity contribution is 0.0955. The van der Waals surface area contributed by atoms with E-state index in [9.17, 15) is 4.79 Å². The van der Waals surface area contributed by atoms with Gasteiger partial charge in [0, 0.05) is 17.0 Å². The van der Waals surface area contributed by atoms with Crippen molar-refractivity contribution in [3.05, 3.63) is 88.9 Å². The smallest absolute Gasteiger partial charge is 0.271 e. The molecule has 31 heavy (non-hydrogen) atoms. The van der Waals surface area contributed by atoms with Crippen molar-refractivity contribution in [3.63, 3.8) is 0 Å². The van der Waals surface area contributed by atoms with E-state index >= 15 is 0 Å². The highest BCUT2D eigenvalue weighted by Crippen LogP contribution is 2.25. The van der Waals surface area contributed by atoms with Crippen molar-refractivity contribution in [2.24, 2.45) is 5.10 Å². The van der Waals surface area contributed by atoms with Gasteiger partial charge in [0.2, 0.25) is 0 Å². The maximum atomic E-state index is 12.1. The molecule has 0 radical (unpaired) electrons. The van der Waals surface area contributed by atoms with Crippen LogP contribution in [-0.4, -0.2) is 32.4 Å². The summed E-state index contributed by atoms with van der Waals surface area (Å²) in [6.45, 7) is 1.01. The molecule has 0 aliphatic carbocycles. The van der Waals surface area contributed by atoms with E-state index in [1.807, 2.05) is 48.5 Å². The molecule has 0 aromatic heterocycles. The number of halogens is 1. The molecular weight excluding hydrogens is 416 g/mol. The fourth-order valence-electron chi connectivity index (χ4n) is 2.71. The summed E-state index contributed by atoms with van der Waals surface area (Å²) in [6.07, 6.45) is 2.27. The maximum Gasteiger partial charge on any atom is 0.271 e. The molecule has 1 N–H and O–H groups in total. The summed E-state index contributed by atoms with van der Waals surface area (Å²) in [4.78, 5) is 12.1. The Bertz CT molecular complexity index is 1040. The lowest BCUT2D eigenvalue weighted by Gasteiger charge is -2.11. The number of nitrogens with zero attached hydrogens (tertiary/aromatic N) is 1. The quantitative estimate of drug-likeness (QED) is 0.276. The lowest BCUT2D eigenvalue weighted by atomic mass is 10.2. The molecule has 0 saturated heterocycles. The number of para-hydroxylation sites is 2. The van der Waals surface area contributed by atoms with Crippen LogP contribution < -0.4 is 19.6 Å². The van der Waals surface area contributed by atoms with E-state index in [1.165, 1.54) is 0 Å². The second-order valence-corrected chi connectivity index (χ2v) is 6.92. The van der Waals surface area contributed by atoms with Crippen LogP contribution in [0, 0.1) is 0 Å². The molecular formula is C24H23ClN2O4. The summed E-state index contributed by atoms with van der Waals surface area (Å²) in [7, 11) is 1.62. The molecule has 0 heterocycles. The highest BCUT2D eigenvalue weighted by Gasteiger charge is 2.04. The fourth-order valence-corrected chi connectivity index (χ4v) is 2.90. The van der Waals surface area contributed by atoms with Crippen LogP contribution in [-0.2, 0) is 0 Å². The Balaban J connectivity index is 1.43. The van der Waals surface area contributed by atoms with Crippen molar-refractivity contribution in [1.29, 1.82) is 0 Å². The molecule has 3 rings (SSSR count). The maximum absolute atomic E-state index is 12.1. The number of ether oxygens (including phenoxy) is 3. The number of carbonyl (C=O) groups is 1. The van der Waals surface area contributed by atoms with Crippen LogP contribution in [0.4, 0.5) is 0 Å². The van der Waals surface area contributed by atoms with Crippen LogP contribution in [0.2, 0.25) is 5.02 Å². The Kier molecular flexibility index (Phi) is 8.31. The number of methoxy groups -OCH3 is 1. The van der Waals surface area contributed by atoms with Crippen molar-refractivity contribution in [2.75, 3.05) is 20.3 Å². The minimum absolute atomic E-state index is 0.332. The van der Waals surface area contributed by atoms with Crippen LogP contribution in [0.15, 0.2) is 77.9 Å². The highest BCUT2D eigenvalue weighted by molar-refractivity contribution is 6.30. The number of hydrazone groups is 1. The third-order valence-electron chi connectivity index (χ3n) is 4.21. The van der Waals surface area contributed by atoms with Gasteiger partial charge in [-0.15, -0.1) is 0 Å². The average molecular weight is 439 g/mol. The second kappa shape index (κ2) is 11.6. The highest BCUT2D eigenvalue weighted by atomic mass is 35.5. The van der Waals surface area contributed by atoms with E-state index in [4.69, 9.17) is 25.8 Å². The van der Waals surface area contributed by atoms with Crippen molar-refractivity contribution < 1.29 is 19.0 Å². The Labute approximate surface area is 186 Å². The number of benzene rings is 3. The Morgan fingerprint density at radius 1 is 0.968 bits per heavy atom. The summed E-state index contributed by atoms with van der Waals surface area (Å²) >= 11 is 5.90. The van der Waals surface area contributed by atoms with Crippen molar-refractivity contribution in [1.82, 2.24) is 5.43 Å². The summed E-state index contributed by atoms with van der Waals surface area (Å²) in [5.74, 6) is 1.80. The summed E-state index contributed by atoms with van der Waals surface area (Å²) in [6, 6.07) is 21.6. The summed E-state index contributed by atoms with van der Waals surface area (Å²) < 4.78 is 16.8.